The van der Waals surface area contributed by atoms with Gasteiger partial charge in [0.15, 0.2) is 9.84 Å². The standard InChI is InChI=1S/C18H20N2O4S/c1-25(23,24)16-6-7-17(18(12-16)20(21)22)19-9-8-13-10-14-4-2-3-5-15(14)11-13/h2-7,12-13,19H,8-11H2,1H3. The molecule has 0 amide bonds. The molecule has 3 rings (SSSR count). The Hall–Kier alpha value is -2.41. The van der Waals surface area contributed by atoms with Gasteiger partial charge in [-0.2, -0.15) is 0 Å². The molecule has 2 aromatic rings. The summed E-state index contributed by atoms with van der Waals surface area (Å²) in [7, 11) is -3.47. The normalized spacial score (nSPS) is 14.3. The molecule has 2 aromatic carbocycles. The van der Waals surface area contributed by atoms with E-state index in [2.05, 4.69) is 17.4 Å². The molecule has 0 fully saturated rings. The van der Waals surface area contributed by atoms with Gasteiger partial charge in [-0.15, -0.1) is 0 Å². The second kappa shape index (κ2) is 6.84. The van der Waals surface area contributed by atoms with E-state index in [0.29, 0.717) is 18.2 Å². The Kier molecular flexibility index (Phi) is 4.76. The Bertz CT molecular complexity index is 884. The molecule has 25 heavy (non-hydrogen) atoms. The summed E-state index contributed by atoms with van der Waals surface area (Å²) in [5.74, 6) is 0.527. The summed E-state index contributed by atoms with van der Waals surface area (Å²) < 4.78 is 23.1. The molecule has 132 valence electrons. The quantitative estimate of drug-likeness (QED) is 0.631. The zero-order valence-electron chi connectivity index (χ0n) is 13.9. The summed E-state index contributed by atoms with van der Waals surface area (Å²) in [6, 6.07) is 12.4. The van der Waals surface area contributed by atoms with Crippen LogP contribution in [0.2, 0.25) is 0 Å². The van der Waals surface area contributed by atoms with Gasteiger partial charge in [-0.25, -0.2) is 8.42 Å². The monoisotopic (exact) mass is 360 g/mol. The van der Waals surface area contributed by atoms with Crippen molar-refractivity contribution in [1.29, 1.82) is 0 Å². The van der Waals surface area contributed by atoms with E-state index in [1.165, 1.54) is 23.3 Å². The Balaban J connectivity index is 1.65. The molecule has 0 bridgehead atoms. The fourth-order valence-electron chi connectivity index (χ4n) is 3.31. The van der Waals surface area contributed by atoms with Crippen LogP contribution >= 0.6 is 0 Å². The number of nitro groups is 1. The van der Waals surface area contributed by atoms with Crippen LogP contribution in [0.3, 0.4) is 0 Å². The topological polar surface area (TPSA) is 89.3 Å². The van der Waals surface area contributed by atoms with E-state index in [1.807, 2.05) is 12.1 Å². The van der Waals surface area contributed by atoms with Crippen LogP contribution in [0.4, 0.5) is 11.4 Å². The van der Waals surface area contributed by atoms with E-state index in [4.69, 9.17) is 0 Å². The van der Waals surface area contributed by atoms with Crippen molar-refractivity contribution >= 4 is 21.2 Å². The Morgan fingerprint density at radius 2 is 1.80 bits per heavy atom. The molecule has 1 aliphatic carbocycles. The first kappa shape index (κ1) is 17.4. The van der Waals surface area contributed by atoms with Crippen LogP contribution in [0, 0.1) is 16.0 Å². The lowest BCUT2D eigenvalue weighted by Gasteiger charge is -2.11. The van der Waals surface area contributed by atoms with Crippen molar-refractivity contribution in [2.75, 3.05) is 18.1 Å². The van der Waals surface area contributed by atoms with Crippen molar-refractivity contribution in [2.24, 2.45) is 5.92 Å². The number of benzene rings is 2. The van der Waals surface area contributed by atoms with Gasteiger partial charge in [-0.05, 0) is 48.4 Å². The smallest absolute Gasteiger partial charge is 0.293 e. The Morgan fingerprint density at radius 3 is 2.36 bits per heavy atom. The molecule has 7 heteroatoms. The van der Waals surface area contributed by atoms with E-state index in [0.717, 1.165) is 31.6 Å². The number of nitrogens with zero attached hydrogens (tertiary/aromatic N) is 1. The lowest BCUT2D eigenvalue weighted by atomic mass is 10.0. The van der Waals surface area contributed by atoms with Crippen molar-refractivity contribution in [3.8, 4) is 0 Å². The summed E-state index contributed by atoms with van der Waals surface area (Å²) in [5, 5.41) is 14.3. The molecular weight excluding hydrogens is 340 g/mol. The van der Waals surface area contributed by atoms with Crippen molar-refractivity contribution < 1.29 is 13.3 Å². The first-order valence-corrected chi connectivity index (χ1v) is 10.0. The fourth-order valence-corrected chi connectivity index (χ4v) is 3.95. The zero-order chi connectivity index (χ0) is 18.0. The summed E-state index contributed by atoms with van der Waals surface area (Å²) in [6.45, 7) is 0.609. The first-order valence-electron chi connectivity index (χ1n) is 8.14. The van der Waals surface area contributed by atoms with Crippen molar-refractivity contribution in [3.05, 3.63) is 63.7 Å². The number of hydrogen-bond acceptors (Lipinski definition) is 5. The van der Waals surface area contributed by atoms with Crippen LogP contribution < -0.4 is 5.32 Å². The predicted molar refractivity (Wildman–Crippen MR) is 96.7 cm³/mol. The van der Waals surface area contributed by atoms with Gasteiger partial charge in [0.05, 0.1) is 9.82 Å². The third-order valence-corrected chi connectivity index (χ3v) is 5.71. The Labute approximate surface area is 147 Å². The van der Waals surface area contributed by atoms with Gasteiger partial charge in [-0.3, -0.25) is 10.1 Å². The van der Waals surface area contributed by atoms with E-state index in [1.54, 1.807) is 0 Å². The minimum Gasteiger partial charge on any atom is -0.379 e. The van der Waals surface area contributed by atoms with E-state index >= 15 is 0 Å². The van der Waals surface area contributed by atoms with E-state index in [9.17, 15) is 18.5 Å². The number of nitro benzene ring substituents is 1. The van der Waals surface area contributed by atoms with Crippen LogP contribution in [0.15, 0.2) is 47.4 Å². The average molecular weight is 360 g/mol. The first-order chi connectivity index (χ1) is 11.8. The maximum Gasteiger partial charge on any atom is 0.293 e. The lowest BCUT2D eigenvalue weighted by molar-refractivity contribution is -0.384. The van der Waals surface area contributed by atoms with Crippen LogP contribution in [0.1, 0.15) is 17.5 Å². The van der Waals surface area contributed by atoms with Gasteiger partial charge in [0.1, 0.15) is 5.69 Å². The molecule has 0 saturated carbocycles. The molecule has 0 unspecified atom stereocenters. The van der Waals surface area contributed by atoms with Crippen molar-refractivity contribution in [1.82, 2.24) is 0 Å². The number of hydrogen-bond donors (Lipinski definition) is 1. The SMILES string of the molecule is CS(=O)(=O)c1ccc(NCCC2Cc3ccccc3C2)c([N+](=O)[O-])c1. The van der Waals surface area contributed by atoms with Crippen LogP contribution in [-0.2, 0) is 22.7 Å². The minimum absolute atomic E-state index is 0.0454. The maximum atomic E-state index is 11.6. The minimum atomic E-state index is -3.47. The van der Waals surface area contributed by atoms with Gasteiger partial charge < -0.3 is 5.32 Å². The third-order valence-electron chi connectivity index (χ3n) is 4.60. The largest absolute Gasteiger partial charge is 0.379 e. The van der Waals surface area contributed by atoms with Gasteiger partial charge >= 0.3 is 0 Å². The Morgan fingerprint density at radius 1 is 1.16 bits per heavy atom. The zero-order valence-corrected chi connectivity index (χ0v) is 14.8. The highest BCUT2D eigenvalue weighted by Crippen LogP contribution is 2.30. The molecular formula is C18H20N2O4S. The molecule has 0 spiro atoms. The van der Waals surface area contributed by atoms with E-state index < -0.39 is 14.8 Å². The number of fused-ring (bicyclic) bond motifs is 1. The van der Waals surface area contributed by atoms with Crippen molar-refractivity contribution in [2.45, 2.75) is 24.2 Å². The molecule has 0 heterocycles. The number of sulfone groups is 1. The molecule has 0 aromatic heterocycles. The average Bonchev–Trinajstić information content (AvgIpc) is 2.96. The summed E-state index contributed by atoms with van der Waals surface area (Å²) in [5.41, 5.74) is 2.91. The van der Waals surface area contributed by atoms with Crippen LogP contribution in [-0.4, -0.2) is 26.1 Å². The molecule has 0 aliphatic heterocycles. The van der Waals surface area contributed by atoms with Gasteiger partial charge in [0.25, 0.3) is 5.69 Å². The second-order valence-electron chi connectivity index (χ2n) is 6.47. The lowest BCUT2D eigenvalue weighted by Crippen LogP contribution is -2.11. The highest BCUT2D eigenvalue weighted by Gasteiger charge is 2.22. The van der Waals surface area contributed by atoms with Crippen LogP contribution in [0.25, 0.3) is 0 Å². The van der Waals surface area contributed by atoms with E-state index in [-0.39, 0.29) is 10.6 Å². The molecule has 0 saturated heterocycles. The fraction of sp³-hybridized carbons (Fsp3) is 0.333. The highest BCUT2D eigenvalue weighted by atomic mass is 32.2. The maximum absolute atomic E-state index is 11.6. The van der Waals surface area contributed by atoms with Crippen molar-refractivity contribution in [3.63, 3.8) is 0 Å². The van der Waals surface area contributed by atoms with Gasteiger partial charge in [0, 0.05) is 18.9 Å². The molecule has 1 N–H and O–H groups in total. The number of anilines is 1. The summed E-state index contributed by atoms with van der Waals surface area (Å²) in [6.07, 6.45) is 4.01. The van der Waals surface area contributed by atoms with Gasteiger partial charge in [-0.1, -0.05) is 24.3 Å². The number of rotatable bonds is 6. The molecule has 1 aliphatic rings. The van der Waals surface area contributed by atoms with Crippen LogP contribution in [0.5, 0.6) is 0 Å². The summed E-state index contributed by atoms with van der Waals surface area (Å²) >= 11 is 0. The summed E-state index contributed by atoms with van der Waals surface area (Å²) in [4.78, 5) is 10.6. The molecule has 0 radical (unpaired) electrons. The third kappa shape index (κ3) is 3.99. The predicted octanol–water partition coefficient (Wildman–Crippen LogP) is 3.22. The second-order valence-corrected chi connectivity index (χ2v) is 8.48. The van der Waals surface area contributed by atoms with Gasteiger partial charge in [0.2, 0.25) is 0 Å². The molecule has 0 atom stereocenters. The highest BCUT2D eigenvalue weighted by molar-refractivity contribution is 7.90. The number of nitrogens with one attached hydrogen (secondary N) is 1. The molecule has 6 nitrogen and oxygen atoms in total.